The molecule has 5 nitrogen and oxygen atoms in total. The highest BCUT2D eigenvalue weighted by atomic mass is 16.6. The predicted octanol–water partition coefficient (Wildman–Crippen LogP) is 1.95. The van der Waals surface area contributed by atoms with Crippen molar-refractivity contribution in [2.24, 2.45) is 5.92 Å². The van der Waals surface area contributed by atoms with Gasteiger partial charge < -0.3 is 5.32 Å². The summed E-state index contributed by atoms with van der Waals surface area (Å²) in [4.78, 5) is 13.1. The molecule has 0 radical (unpaired) electrons. The van der Waals surface area contributed by atoms with Crippen molar-refractivity contribution in [3.05, 3.63) is 39.9 Å². The Kier molecular flexibility index (Phi) is 3.48. The Morgan fingerprint density at radius 2 is 2.05 bits per heavy atom. The fourth-order valence-electron chi connectivity index (χ4n) is 2.98. The minimum Gasteiger partial charge on any atom is -0.314 e. The van der Waals surface area contributed by atoms with E-state index in [1.54, 1.807) is 12.1 Å². The van der Waals surface area contributed by atoms with Crippen molar-refractivity contribution >= 4 is 5.69 Å². The second-order valence-electron chi connectivity index (χ2n) is 5.42. The molecule has 5 heteroatoms. The van der Waals surface area contributed by atoms with Gasteiger partial charge >= 0.3 is 0 Å². The molecule has 102 valence electrons. The summed E-state index contributed by atoms with van der Waals surface area (Å²) < 4.78 is 0. The lowest BCUT2D eigenvalue weighted by Gasteiger charge is -2.35. The van der Waals surface area contributed by atoms with E-state index in [0.717, 1.165) is 31.7 Å². The zero-order valence-corrected chi connectivity index (χ0v) is 10.9. The zero-order valence-electron chi connectivity index (χ0n) is 10.9. The third kappa shape index (κ3) is 2.77. The van der Waals surface area contributed by atoms with Crippen molar-refractivity contribution in [1.82, 2.24) is 10.2 Å². The molecule has 0 spiro atoms. The van der Waals surface area contributed by atoms with E-state index >= 15 is 0 Å². The smallest absolute Gasteiger partial charge is 0.269 e. The van der Waals surface area contributed by atoms with Crippen LogP contribution in [-0.4, -0.2) is 36.0 Å². The summed E-state index contributed by atoms with van der Waals surface area (Å²) >= 11 is 0. The largest absolute Gasteiger partial charge is 0.314 e. The van der Waals surface area contributed by atoms with Crippen molar-refractivity contribution in [1.29, 1.82) is 0 Å². The maximum atomic E-state index is 10.9. The molecule has 1 saturated carbocycles. The third-order valence-corrected chi connectivity index (χ3v) is 4.04. The lowest BCUT2D eigenvalue weighted by molar-refractivity contribution is -0.385. The number of nitro benzene ring substituents is 1. The lowest BCUT2D eigenvalue weighted by atomic mass is 9.99. The van der Waals surface area contributed by atoms with Crippen molar-refractivity contribution in [2.45, 2.75) is 18.9 Å². The number of hydrogen-bond donors (Lipinski definition) is 1. The molecule has 0 aromatic heterocycles. The molecule has 1 heterocycles. The van der Waals surface area contributed by atoms with Crippen LogP contribution in [0, 0.1) is 16.0 Å². The van der Waals surface area contributed by atoms with Gasteiger partial charge in [-0.1, -0.05) is 12.1 Å². The minimum atomic E-state index is -0.300. The number of nitrogens with one attached hydrogen (secondary N) is 1. The predicted molar refractivity (Wildman–Crippen MR) is 73.0 cm³/mol. The molecule has 1 saturated heterocycles. The van der Waals surface area contributed by atoms with E-state index in [1.165, 1.54) is 12.8 Å². The molecular formula is C14H19N3O2. The summed E-state index contributed by atoms with van der Waals surface area (Å²) in [6, 6.07) is 7.54. The van der Waals surface area contributed by atoms with E-state index in [1.807, 2.05) is 12.1 Å². The highest BCUT2D eigenvalue weighted by molar-refractivity contribution is 5.36. The molecule has 1 aliphatic carbocycles. The van der Waals surface area contributed by atoms with Crippen LogP contribution in [0.4, 0.5) is 5.69 Å². The summed E-state index contributed by atoms with van der Waals surface area (Å²) in [6.45, 7) is 4.09. The zero-order chi connectivity index (χ0) is 13.2. The molecule has 0 unspecified atom stereocenters. The van der Waals surface area contributed by atoms with E-state index in [4.69, 9.17) is 0 Å². The standard InChI is InChI=1S/C14H19N3O2/c18-17(19)13-3-1-2-12(10-13)14(11-4-5-11)16-8-6-15-7-9-16/h1-3,10-11,14-15H,4-9H2/t14-/m0/s1. The van der Waals surface area contributed by atoms with E-state index in [2.05, 4.69) is 10.2 Å². The van der Waals surface area contributed by atoms with Gasteiger partial charge in [0, 0.05) is 44.4 Å². The fraction of sp³-hybridized carbons (Fsp3) is 0.571. The first-order chi connectivity index (χ1) is 9.25. The second-order valence-corrected chi connectivity index (χ2v) is 5.42. The molecule has 3 rings (SSSR count). The normalized spacial score (nSPS) is 22.1. The van der Waals surface area contributed by atoms with Gasteiger partial charge in [0.15, 0.2) is 0 Å². The van der Waals surface area contributed by atoms with Gasteiger partial charge in [-0.25, -0.2) is 0 Å². The van der Waals surface area contributed by atoms with E-state index < -0.39 is 0 Å². The second kappa shape index (κ2) is 5.27. The van der Waals surface area contributed by atoms with Gasteiger partial charge in [0.2, 0.25) is 0 Å². The van der Waals surface area contributed by atoms with Crippen molar-refractivity contribution < 1.29 is 4.92 Å². The van der Waals surface area contributed by atoms with Crippen LogP contribution in [0.25, 0.3) is 0 Å². The number of nitrogens with zero attached hydrogens (tertiary/aromatic N) is 2. The number of non-ortho nitro benzene ring substituents is 1. The van der Waals surface area contributed by atoms with Gasteiger partial charge in [0.25, 0.3) is 5.69 Å². The highest BCUT2D eigenvalue weighted by Crippen LogP contribution is 2.45. The van der Waals surface area contributed by atoms with Crippen LogP contribution in [0.5, 0.6) is 0 Å². The number of piperazine rings is 1. The Morgan fingerprint density at radius 1 is 1.32 bits per heavy atom. The summed E-state index contributed by atoms with van der Waals surface area (Å²) in [5, 5.41) is 14.3. The van der Waals surface area contributed by atoms with Gasteiger partial charge in [0.1, 0.15) is 0 Å². The number of nitro groups is 1. The number of hydrogen-bond acceptors (Lipinski definition) is 4. The van der Waals surface area contributed by atoms with Gasteiger partial charge in [-0.15, -0.1) is 0 Å². The molecule has 1 aliphatic heterocycles. The maximum Gasteiger partial charge on any atom is 0.269 e. The Labute approximate surface area is 112 Å². The van der Waals surface area contributed by atoms with Crippen LogP contribution in [-0.2, 0) is 0 Å². The first kappa shape index (κ1) is 12.6. The van der Waals surface area contributed by atoms with Crippen molar-refractivity contribution in [2.75, 3.05) is 26.2 Å². The average molecular weight is 261 g/mol. The molecule has 0 amide bonds. The van der Waals surface area contributed by atoms with Crippen LogP contribution in [0.2, 0.25) is 0 Å². The molecule has 1 N–H and O–H groups in total. The van der Waals surface area contributed by atoms with Crippen molar-refractivity contribution in [3.63, 3.8) is 0 Å². The Balaban J connectivity index is 1.86. The van der Waals surface area contributed by atoms with Gasteiger partial charge in [-0.3, -0.25) is 15.0 Å². The topological polar surface area (TPSA) is 58.4 Å². The third-order valence-electron chi connectivity index (χ3n) is 4.04. The Bertz CT molecular complexity index is 468. The van der Waals surface area contributed by atoms with E-state index in [9.17, 15) is 10.1 Å². The van der Waals surface area contributed by atoms with Crippen molar-refractivity contribution in [3.8, 4) is 0 Å². The van der Waals surface area contributed by atoms with E-state index in [0.29, 0.717) is 12.0 Å². The fourth-order valence-corrected chi connectivity index (χ4v) is 2.98. The van der Waals surface area contributed by atoms with Gasteiger partial charge in [0.05, 0.1) is 4.92 Å². The maximum absolute atomic E-state index is 10.9. The first-order valence-electron chi connectivity index (χ1n) is 6.95. The van der Waals surface area contributed by atoms with Crippen LogP contribution in [0.15, 0.2) is 24.3 Å². The van der Waals surface area contributed by atoms with Gasteiger partial charge in [-0.2, -0.15) is 0 Å². The molecule has 2 aliphatic rings. The molecule has 2 fully saturated rings. The number of rotatable bonds is 4. The summed E-state index contributed by atoms with van der Waals surface area (Å²) in [5.41, 5.74) is 1.32. The van der Waals surface area contributed by atoms with Crippen LogP contribution >= 0.6 is 0 Å². The molecular weight excluding hydrogens is 242 g/mol. The summed E-state index contributed by atoms with van der Waals surface area (Å²) in [6.07, 6.45) is 2.49. The monoisotopic (exact) mass is 261 g/mol. The molecule has 1 aromatic carbocycles. The SMILES string of the molecule is O=[N+]([O-])c1cccc([C@H](C2CC2)N2CCNCC2)c1. The summed E-state index contributed by atoms with van der Waals surface area (Å²) in [5.74, 6) is 0.681. The Morgan fingerprint density at radius 3 is 2.68 bits per heavy atom. The van der Waals surface area contributed by atoms with Crippen LogP contribution < -0.4 is 5.32 Å². The first-order valence-corrected chi connectivity index (χ1v) is 6.95. The lowest BCUT2D eigenvalue weighted by Crippen LogP contribution is -2.45. The van der Waals surface area contributed by atoms with Gasteiger partial charge in [-0.05, 0) is 24.3 Å². The molecule has 0 bridgehead atoms. The van der Waals surface area contributed by atoms with Crippen LogP contribution in [0.1, 0.15) is 24.4 Å². The highest BCUT2D eigenvalue weighted by Gasteiger charge is 2.37. The molecule has 19 heavy (non-hydrogen) atoms. The van der Waals surface area contributed by atoms with E-state index in [-0.39, 0.29) is 10.6 Å². The molecule has 1 aromatic rings. The van der Waals surface area contributed by atoms with Crippen LogP contribution in [0.3, 0.4) is 0 Å². The minimum absolute atomic E-state index is 0.207. The number of benzene rings is 1. The average Bonchev–Trinajstić information content (AvgIpc) is 3.25. The molecule has 1 atom stereocenters. The Hall–Kier alpha value is -1.46. The quantitative estimate of drug-likeness (QED) is 0.665. The summed E-state index contributed by atoms with van der Waals surface area (Å²) in [7, 11) is 0.